The Kier molecular flexibility index (Phi) is 3.61. The van der Waals surface area contributed by atoms with Gasteiger partial charge < -0.3 is 10.0 Å². The van der Waals surface area contributed by atoms with Crippen LogP contribution in [0.25, 0.3) is 0 Å². The van der Waals surface area contributed by atoms with Crippen LogP contribution in [0.15, 0.2) is 18.2 Å². The lowest BCUT2D eigenvalue weighted by atomic mass is 10.1. The number of rotatable bonds is 3. The van der Waals surface area contributed by atoms with Crippen LogP contribution < -0.4 is 0 Å². The second-order valence-corrected chi connectivity index (χ2v) is 6.37. The monoisotopic (exact) mass is 313 g/mol. The van der Waals surface area contributed by atoms with Gasteiger partial charge in [0, 0.05) is 5.75 Å². The molecule has 1 aliphatic carbocycles. The van der Waals surface area contributed by atoms with Crippen LogP contribution in [0.3, 0.4) is 0 Å². The molecule has 2 unspecified atom stereocenters. The maximum atomic E-state index is 13.8. The Balaban J connectivity index is 1.98. The summed E-state index contributed by atoms with van der Waals surface area (Å²) in [6, 6.07) is 2.14. The first-order chi connectivity index (χ1) is 10.0. The van der Waals surface area contributed by atoms with Crippen LogP contribution in [0, 0.1) is 17.6 Å². The molecular weight excluding hydrogens is 300 g/mol. The Hall–Kier alpha value is -1.63. The van der Waals surface area contributed by atoms with Gasteiger partial charge in [0.15, 0.2) is 0 Å². The van der Waals surface area contributed by atoms with E-state index < -0.39 is 35.1 Å². The topological polar surface area (TPSA) is 57.6 Å². The highest BCUT2D eigenvalue weighted by Gasteiger charge is 2.48. The predicted molar refractivity (Wildman–Crippen MR) is 72.9 cm³/mol. The molecule has 0 bridgehead atoms. The summed E-state index contributed by atoms with van der Waals surface area (Å²) in [7, 11) is 0. The summed E-state index contributed by atoms with van der Waals surface area (Å²) < 4.78 is 27.6. The van der Waals surface area contributed by atoms with E-state index in [1.807, 2.05) is 0 Å². The molecule has 0 radical (unpaired) electrons. The highest BCUT2D eigenvalue weighted by molar-refractivity contribution is 8.00. The van der Waals surface area contributed by atoms with E-state index in [-0.39, 0.29) is 17.0 Å². The summed E-state index contributed by atoms with van der Waals surface area (Å²) in [5, 5.41) is 8.94. The number of hydrogen-bond donors (Lipinski definition) is 1. The van der Waals surface area contributed by atoms with Crippen molar-refractivity contribution in [3.8, 4) is 0 Å². The number of carbonyl (C=O) groups excluding carboxylic acids is 1. The van der Waals surface area contributed by atoms with Crippen molar-refractivity contribution in [3.63, 3.8) is 0 Å². The summed E-state index contributed by atoms with van der Waals surface area (Å²) in [6.45, 7) is 0. The molecule has 1 aliphatic heterocycles. The number of benzene rings is 1. The lowest BCUT2D eigenvalue weighted by Gasteiger charge is -2.27. The molecule has 7 heteroatoms. The lowest BCUT2D eigenvalue weighted by Crippen LogP contribution is -2.46. The molecule has 1 N–H and O–H groups in total. The minimum atomic E-state index is -1.14. The number of carboxylic acid groups (broad SMARTS) is 1. The second-order valence-electron chi connectivity index (χ2n) is 5.22. The smallest absolute Gasteiger partial charge is 0.327 e. The molecular formula is C14H13F2NO3S. The second kappa shape index (κ2) is 5.29. The van der Waals surface area contributed by atoms with Gasteiger partial charge >= 0.3 is 5.97 Å². The van der Waals surface area contributed by atoms with E-state index in [2.05, 4.69) is 0 Å². The molecule has 1 aromatic carbocycles. The highest BCUT2D eigenvalue weighted by Crippen LogP contribution is 2.46. The van der Waals surface area contributed by atoms with Crippen molar-refractivity contribution in [1.29, 1.82) is 0 Å². The number of amides is 1. The maximum Gasteiger partial charge on any atom is 0.327 e. The zero-order valence-electron chi connectivity index (χ0n) is 11.0. The number of halogens is 2. The zero-order chi connectivity index (χ0) is 15.1. The lowest BCUT2D eigenvalue weighted by molar-refractivity contribution is -0.141. The van der Waals surface area contributed by atoms with Crippen LogP contribution in [0.5, 0.6) is 0 Å². The van der Waals surface area contributed by atoms with Crippen molar-refractivity contribution in [3.05, 3.63) is 35.4 Å². The van der Waals surface area contributed by atoms with Gasteiger partial charge in [0.1, 0.15) is 23.2 Å². The van der Waals surface area contributed by atoms with Gasteiger partial charge in [-0.05, 0) is 30.9 Å². The fourth-order valence-electron chi connectivity index (χ4n) is 2.55. The third kappa shape index (κ3) is 2.50. The van der Waals surface area contributed by atoms with E-state index in [1.165, 1.54) is 17.8 Å². The van der Waals surface area contributed by atoms with Crippen LogP contribution >= 0.6 is 11.8 Å². The van der Waals surface area contributed by atoms with Crippen molar-refractivity contribution in [2.24, 2.45) is 5.92 Å². The fraction of sp³-hybridized carbons (Fsp3) is 0.429. The van der Waals surface area contributed by atoms with Crippen molar-refractivity contribution >= 4 is 23.6 Å². The summed E-state index contributed by atoms with van der Waals surface area (Å²) in [5.74, 6) is -3.47. The van der Waals surface area contributed by atoms with Crippen LogP contribution in [0.1, 0.15) is 23.2 Å². The summed E-state index contributed by atoms with van der Waals surface area (Å²) in [4.78, 5) is 25.0. The summed E-state index contributed by atoms with van der Waals surface area (Å²) in [5.41, 5.74) is -0.670. The molecule has 1 saturated carbocycles. The van der Waals surface area contributed by atoms with Gasteiger partial charge in [-0.25, -0.2) is 13.6 Å². The molecule has 1 amide bonds. The number of thioether (sulfide) groups is 1. The third-order valence-electron chi connectivity index (χ3n) is 3.76. The Morgan fingerprint density at radius 2 is 1.86 bits per heavy atom. The maximum absolute atomic E-state index is 13.8. The predicted octanol–water partition coefficient (Wildman–Crippen LogP) is 2.34. The molecule has 0 spiro atoms. The Bertz CT molecular complexity index is 586. The van der Waals surface area contributed by atoms with Crippen molar-refractivity contribution in [2.75, 3.05) is 5.75 Å². The van der Waals surface area contributed by atoms with E-state index in [0.717, 1.165) is 29.9 Å². The van der Waals surface area contributed by atoms with E-state index in [0.29, 0.717) is 0 Å². The number of hydrogen-bond acceptors (Lipinski definition) is 3. The van der Waals surface area contributed by atoms with Crippen molar-refractivity contribution in [1.82, 2.24) is 4.90 Å². The van der Waals surface area contributed by atoms with Crippen molar-refractivity contribution in [2.45, 2.75) is 24.3 Å². The first-order valence-corrected chi connectivity index (χ1v) is 7.66. The molecule has 2 fully saturated rings. The highest BCUT2D eigenvalue weighted by atomic mass is 32.2. The summed E-state index contributed by atoms with van der Waals surface area (Å²) in [6.07, 6.45) is 1.82. The van der Waals surface area contributed by atoms with Crippen LogP contribution in [-0.4, -0.2) is 39.1 Å². The first-order valence-electron chi connectivity index (χ1n) is 6.61. The van der Waals surface area contributed by atoms with Gasteiger partial charge in [-0.3, -0.25) is 4.79 Å². The number of carbonyl (C=O) groups is 2. The number of nitrogens with zero attached hydrogens (tertiary/aromatic N) is 1. The number of aliphatic carboxylic acids is 1. The Morgan fingerprint density at radius 1 is 1.24 bits per heavy atom. The third-order valence-corrected chi connectivity index (χ3v) is 5.22. The Labute approximate surface area is 124 Å². The molecule has 2 atom stereocenters. The molecule has 21 heavy (non-hydrogen) atoms. The average molecular weight is 313 g/mol. The normalized spacial score (nSPS) is 25.1. The SMILES string of the molecule is O=C(O)C1CSC(C2CC2)N1C(=O)c1c(F)cccc1F. The molecule has 1 aromatic rings. The first kappa shape index (κ1) is 14.3. The van der Waals surface area contributed by atoms with Gasteiger partial charge in [0.25, 0.3) is 5.91 Å². The van der Waals surface area contributed by atoms with E-state index >= 15 is 0 Å². The van der Waals surface area contributed by atoms with Crippen LogP contribution in [-0.2, 0) is 4.79 Å². The minimum absolute atomic E-state index is 0.220. The quantitative estimate of drug-likeness (QED) is 0.930. The molecule has 2 aliphatic rings. The van der Waals surface area contributed by atoms with Gasteiger partial charge in [-0.1, -0.05) is 6.07 Å². The minimum Gasteiger partial charge on any atom is -0.480 e. The molecule has 0 aromatic heterocycles. The van der Waals surface area contributed by atoms with E-state index in [9.17, 15) is 23.5 Å². The Morgan fingerprint density at radius 3 is 2.38 bits per heavy atom. The van der Waals surface area contributed by atoms with Gasteiger partial charge in [-0.15, -0.1) is 11.8 Å². The van der Waals surface area contributed by atoms with Crippen molar-refractivity contribution < 1.29 is 23.5 Å². The van der Waals surface area contributed by atoms with Gasteiger partial charge in [-0.2, -0.15) is 0 Å². The number of carboxylic acids is 1. The molecule has 1 saturated heterocycles. The average Bonchev–Trinajstić information content (AvgIpc) is 3.16. The largest absolute Gasteiger partial charge is 0.480 e. The summed E-state index contributed by atoms with van der Waals surface area (Å²) >= 11 is 1.37. The van der Waals surface area contributed by atoms with Gasteiger partial charge in [0.2, 0.25) is 0 Å². The molecule has 4 nitrogen and oxygen atoms in total. The molecule has 112 valence electrons. The fourth-order valence-corrected chi connectivity index (χ4v) is 4.18. The molecule has 1 heterocycles. The standard InChI is InChI=1S/C14H13F2NO3S/c15-8-2-1-3-9(16)11(8)12(18)17-10(14(19)20)6-21-13(17)7-4-5-7/h1-3,7,10,13H,4-6H2,(H,19,20). The molecule has 3 rings (SSSR count). The van der Waals surface area contributed by atoms with Crippen LogP contribution in [0.4, 0.5) is 8.78 Å². The van der Waals surface area contributed by atoms with E-state index in [1.54, 1.807) is 0 Å². The van der Waals surface area contributed by atoms with Crippen LogP contribution in [0.2, 0.25) is 0 Å². The zero-order valence-corrected chi connectivity index (χ0v) is 11.8. The van der Waals surface area contributed by atoms with Gasteiger partial charge in [0.05, 0.1) is 5.37 Å². The van der Waals surface area contributed by atoms with E-state index in [4.69, 9.17) is 0 Å².